The predicted molar refractivity (Wildman–Crippen MR) is 75.5 cm³/mol. The standard InChI is InChI=1S/C14H24N4/c1-3-13-17-12(15)9-14(18-13)16-11-8-6-4-5-7-10(11)2/h9-11H,3-8H2,1-2H3,(H3,15,16,17,18). The van der Waals surface area contributed by atoms with Crippen molar-refractivity contribution in [3.8, 4) is 0 Å². The Hall–Kier alpha value is -1.32. The van der Waals surface area contributed by atoms with Crippen molar-refractivity contribution in [3.63, 3.8) is 0 Å². The molecular formula is C14H24N4. The third-order valence-corrected chi connectivity index (χ3v) is 3.80. The van der Waals surface area contributed by atoms with Crippen molar-refractivity contribution in [2.24, 2.45) is 5.92 Å². The van der Waals surface area contributed by atoms with Crippen molar-refractivity contribution < 1.29 is 0 Å². The van der Waals surface area contributed by atoms with Crippen LogP contribution in [0.2, 0.25) is 0 Å². The van der Waals surface area contributed by atoms with Crippen molar-refractivity contribution in [2.75, 3.05) is 11.1 Å². The van der Waals surface area contributed by atoms with Crippen LogP contribution >= 0.6 is 0 Å². The van der Waals surface area contributed by atoms with E-state index >= 15 is 0 Å². The van der Waals surface area contributed by atoms with Crippen LogP contribution in [-0.2, 0) is 6.42 Å². The van der Waals surface area contributed by atoms with Crippen molar-refractivity contribution in [2.45, 2.75) is 58.4 Å². The van der Waals surface area contributed by atoms with Crippen molar-refractivity contribution in [1.82, 2.24) is 9.97 Å². The second kappa shape index (κ2) is 6.03. The van der Waals surface area contributed by atoms with Crippen molar-refractivity contribution >= 4 is 11.6 Å². The van der Waals surface area contributed by atoms with Crippen LogP contribution < -0.4 is 11.1 Å². The molecule has 2 atom stereocenters. The molecule has 1 heterocycles. The molecule has 100 valence electrons. The molecule has 2 rings (SSSR count). The van der Waals surface area contributed by atoms with Gasteiger partial charge in [0.15, 0.2) is 0 Å². The highest BCUT2D eigenvalue weighted by Crippen LogP contribution is 2.25. The van der Waals surface area contributed by atoms with Gasteiger partial charge in [0, 0.05) is 18.5 Å². The van der Waals surface area contributed by atoms with E-state index < -0.39 is 0 Å². The minimum atomic E-state index is 0.520. The van der Waals surface area contributed by atoms with Gasteiger partial charge in [-0.25, -0.2) is 9.97 Å². The van der Waals surface area contributed by atoms with Crippen LogP contribution in [0.5, 0.6) is 0 Å². The lowest BCUT2D eigenvalue weighted by molar-refractivity contribution is 0.455. The summed E-state index contributed by atoms with van der Waals surface area (Å²) in [4.78, 5) is 8.72. The van der Waals surface area contributed by atoms with Crippen LogP contribution in [0.4, 0.5) is 11.6 Å². The number of anilines is 2. The first-order valence-electron chi connectivity index (χ1n) is 7.09. The molecule has 0 spiro atoms. The number of nitrogen functional groups attached to an aromatic ring is 1. The van der Waals surface area contributed by atoms with E-state index in [-0.39, 0.29) is 0 Å². The molecule has 1 saturated carbocycles. The van der Waals surface area contributed by atoms with Crippen LogP contribution in [0.1, 0.15) is 51.8 Å². The van der Waals surface area contributed by atoms with E-state index in [9.17, 15) is 0 Å². The maximum absolute atomic E-state index is 5.81. The molecule has 0 radical (unpaired) electrons. The number of rotatable bonds is 3. The predicted octanol–water partition coefficient (Wildman–Crippen LogP) is 3.00. The summed E-state index contributed by atoms with van der Waals surface area (Å²) >= 11 is 0. The lowest BCUT2D eigenvalue weighted by atomic mass is 9.97. The zero-order valence-corrected chi connectivity index (χ0v) is 11.4. The van der Waals surface area contributed by atoms with E-state index in [0.29, 0.717) is 17.8 Å². The first kappa shape index (κ1) is 13.1. The molecule has 1 aromatic heterocycles. The molecule has 0 bridgehead atoms. The summed E-state index contributed by atoms with van der Waals surface area (Å²) in [5.74, 6) is 2.97. The summed E-state index contributed by atoms with van der Waals surface area (Å²) in [6, 6.07) is 2.36. The fourth-order valence-corrected chi connectivity index (χ4v) is 2.65. The summed E-state index contributed by atoms with van der Waals surface area (Å²) in [5.41, 5.74) is 5.81. The molecule has 1 aliphatic carbocycles. The van der Waals surface area contributed by atoms with Crippen LogP contribution in [0.3, 0.4) is 0 Å². The van der Waals surface area contributed by atoms with Crippen molar-refractivity contribution in [1.29, 1.82) is 0 Å². The largest absolute Gasteiger partial charge is 0.384 e. The second-order valence-electron chi connectivity index (χ2n) is 5.31. The van der Waals surface area contributed by atoms with Gasteiger partial charge in [-0.05, 0) is 18.8 Å². The van der Waals surface area contributed by atoms with E-state index in [0.717, 1.165) is 18.1 Å². The summed E-state index contributed by atoms with van der Waals surface area (Å²) < 4.78 is 0. The third kappa shape index (κ3) is 3.34. The van der Waals surface area contributed by atoms with Gasteiger partial charge in [0.1, 0.15) is 17.5 Å². The van der Waals surface area contributed by atoms with Gasteiger partial charge in [0.2, 0.25) is 0 Å². The molecule has 3 N–H and O–H groups in total. The molecule has 1 fully saturated rings. The normalized spacial score (nSPS) is 24.6. The molecule has 1 aliphatic rings. The van der Waals surface area contributed by atoms with E-state index in [1.165, 1.54) is 32.1 Å². The minimum Gasteiger partial charge on any atom is -0.384 e. The highest BCUT2D eigenvalue weighted by molar-refractivity contribution is 5.45. The third-order valence-electron chi connectivity index (χ3n) is 3.80. The average molecular weight is 248 g/mol. The van der Waals surface area contributed by atoms with Gasteiger partial charge in [0.25, 0.3) is 0 Å². The molecular weight excluding hydrogens is 224 g/mol. The molecule has 0 aliphatic heterocycles. The zero-order valence-electron chi connectivity index (χ0n) is 11.4. The van der Waals surface area contributed by atoms with Crippen LogP contribution in [0.15, 0.2) is 6.07 Å². The molecule has 2 unspecified atom stereocenters. The lowest BCUT2D eigenvalue weighted by Gasteiger charge is -2.23. The van der Waals surface area contributed by atoms with Gasteiger partial charge in [-0.2, -0.15) is 0 Å². The Morgan fingerprint density at radius 1 is 1.28 bits per heavy atom. The lowest BCUT2D eigenvalue weighted by Crippen LogP contribution is -2.27. The fraction of sp³-hybridized carbons (Fsp3) is 0.714. The van der Waals surface area contributed by atoms with Gasteiger partial charge >= 0.3 is 0 Å². The summed E-state index contributed by atoms with van der Waals surface area (Å²) in [6.45, 7) is 4.38. The maximum Gasteiger partial charge on any atom is 0.132 e. The number of nitrogens with one attached hydrogen (secondary N) is 1. The molecule has 18 heavy (non-hydrogen) atoms. The summed E-state index contributed by atoms with van der Waals surface area (Å²) in [7, 11) is 0. The maximum atomic E-state index is 5.81. The van der Waals surface area contributed by atoms with Gasteiger partial charge in [-0.1, -0.05) is 33.1 Å². The molecule has 0 amide bonds. The number of nitrogens with zero attached hydrogens (tertiary/aromatic N) is 2. The monoisotopic (exact) mass is 248 g/mol. The van der Waals surface area contributed by atoms with E-state index in [1.54, 1.807) is 0 Å². The SMILES string of the molecule is CCc1nc(N)cc(NC2CCCCCC2C)n1. The highest BCUT2D eigenvalue weighted by atomic mass is 15.1. The minimum absolute atomic E-state index is 0.520. The molecule has 0 aromatic carbocycles. The molecule has 4 nitrogen and oxygen atoms in total. The Morgan fingerprint density at radius 3 is 2.83 bits per heavy atom. The molecule has 4 heteroatoms. The highest BCUT2D eigenvalue weighted by Gasteiger charge is 2.20. The fourth-order valence-electron chi connectivity index (χ4n) is 2.65. The smallest absolute Gasteiger partial charge is 0.132 e. The first-order valence-corrected chi connectivity index (χ1v) is 7.09. The summed E-state index contributed by atoms with van der Waals surface area (Å²) in [6.07, 6.45) is 7.37. The van der Waals surface area contributed by atoms with Crippen molar-refractivity contribution in [3.05, 3.63) is 11.9 Å². The number of hydrogen-bond acceptors (Lipinski definition) is 4. The Bertz CT molecular complexity index is 391. The van der Waals surface area contributed by atoms with Gasteiger partial charge in [-0.15, -0.1) is 0 Å². The topological polar surface area (TPSA) is 63.8 Å². The van der Waals surface area contributed by atoms with Gasteiger partial charge in [0.05, 0.1) is 0 Å². The average Bonchev–Trinajstić information content (AvgIpc) is 2.54. The van der Waals surface area contributed by atoms with E-state index in [1.807, 2.05) is 13.0 Å². The summed E-state index contributed by atoms with van der Waals surface area (Å²) in [5, 5.41) is 3.56. The van der Waals surface area contributed by atoms with Gasteiger partial charge in [-0.3, -0.25) is 0 Å². The van der Waals surface area contributed by atoms with Gasteiger partial charge < -0.3 is 11.1 Å². The number of nitrogens with two attached hydrogens (primary N) is 1. The van der Waals surface area contributed by atoms with E-state index in [4.69, 9.17) is 5.73 Å². The second-order valence-corrected chi connectivity index (χ2v) is 5.31. The molecule has 1 aromatic rings. The Balaban J connectivity index is 2.09. The molecule has 0 saturated heterocycles. The quantitative estimate of drug-likeness (QED) is 0.807. The van der Waals surface area contributed by atoms with Crippen LogP contribution in [0, 0.1) is 5.92 Å². The van der Waals surface area contributed by atoms with E-state index in [2.05, 4.69) is 22.2 Å². The number of aryl methyl sites for hydroxylation is 1. The zero-order chi connectivity index (χ0) is 13.0. The van der Waals surface area contributed by atoms with Crippen LogP contribution in [-0.4, -0.2) is 16.0 Å². The Kier molecular flexibility index (Phi) is 4.39. The first-order chi connectivity index (χ1) is 8.69. The Labute approximate surface area is 109 Å². The van der Waals surface area contributed by atoms with Crippen LogP contribution in [0.25, 0.3) is 0 Å². The number of aromatic nitrogens is 2. The Morgan fingerprint density at radius 2 is 2.06 bits per heavy atom. The number of hydrogen-bond donors (Lipinski definition) is 2.